The Hall–Kier alpha value is -4.02. The lowest BCUT2D eigenvalue weighted by molar-refractivity contribution is -0.137. The third kappa shape index (κ3) is 4.60. The van der Waals surface area contributed by atoms with Crippen LogP contribution in [0.25, 0.3) is 11.2 Å². The van der Waals surface area contributed by atoms with E-state index in [2.05, 4.69) is 15.3 Å². The van der Waals surface area contributed by atoms with E-state index in [9.17, 15) is 26.7 Å². The molecule has 6 nitrogen and oxygen atoms in total. The summed E-state index contributed by atoms with van der Waals surface area (Å²) in [5.41, 5.74) is 0.691. The predicted molar refractivity (Wildman–Crippen MR) is 122 cm³/mol. The van der Waals surface area contributed by atoms with Crippen LogP contribution in [0.3, 0.4) is 0 Å². The van der Waals surface area contributed by atoms with Gasteiger partial charge in [-0.05, 0) is 60.9 Å². The van der Waals surface area contributed by atoms with E-state index in [0.29, 0.717) is 29.9 Å². The number of alkyl halides is 3. The topological polar surface area (TPSA) is 63.1 Å². The van der Waals surface area contributed by atoms with Crippen molar-refractivity contribution in [3.63, 3.8) is 0 Å². The van der Waals surface area contributed by atoms with Crippen molar-refractivity contribution in [3.05, 3.63) is 89.2 Å². The fourth-order valence-corrected chi connectivity index (χ4v) is 4.40. The average molecular weight is 501 g/mol. The van der Waals surface area contributed by atoms with E-state index in [1.807, 2.05) is 4.90 Å². The van der Waals surface area contributed by atoms with Crippen molar-refractivity contribution in [2.24, 2.45) is 0 Å². The number of aromatic nitrogens is 3. The fraction of sp³-hybridized carbons (Fsp3) is 0.240. The summed E-state index contributed by atoms with van der Waals surface area (Å²) in [6, 6.07) is 10.3. The molecule has 2 aromatic carbocycles. The minimum absolute atomic E-state index is 0.00335. The zero-order valence-corrected chi connectivity index (χ0v) is 18.8. The van der Waals surface area contributed by atoms with Gasteiger partial charge in [-0.3, -0.25) is 0 Å². The molecule has 1 atom stereocenters. The first-order valence-corrected chi connectivity index (χ1v) is 11.2. The first-order chi connectivity index (χ1) is 17.2. The molecule has 36 heavy (non-hydrogen) atoms. The number of carbonyl (C=O) groups is 1. The first kappa shape index (κ1) is 23.7. The second kappa shape index (κ2) is 9.21. The maximum absolute atomic E-state index is 14.5. The molecular formula is C25H20F5N5O. The SMILES string of the molecule is O=C(NCc1ccc(C(F)(F)F)cc1)n1cnc2ccc(N3CCCC3c3cc(F)ccc3F)nc21. The number of fused-ring (bicyclic) bond motifs is 1. The third-order valence-corrected chi connectivity index (χ3v) is 6.19. The normalized spacial score (nSPS) is 16.0. The summed E-state index contributed by atoms with van der Waals surface area (Å²) in [5.74, 6) is -0.530. The van der Waals surface area contributed by atoms with Crippen molar-refractivity contribution in [1.29, 1.82) is 0 Å². The summed E-state index contributed by atoms with van der Waals surface area (Å²) in [6.07, 6.45) is -1.76. The number of hydrogen-bond acceptors (Lipinski definition) is 4. The molecule has 0 spiro atoms. The molecule has 11 heteroatoms. The highest BCUT2D eigenvalue weighted by Gasteiger charge is 2.31. The third-order valence-electron chi connectivity index (χ3n) is 6.19. The van der Waals surface area contributed by atoms with Crippen LogP contribution in [-0.4, -0.2) is 27.1 Å². The number of imidazole rings is 1. The standard InChI is InChI=1S/C25H20F5N5O/c26-17-7-8-19(27)18(12-17)21-2-1-11-34(21)22-10-9-20-23(33-22)35(14-32-20)24(36)31-13-15-3-5-16(6-4-15)25(28,29)30/h3-10,12,14,21H,1-2,11,13H2,(H,31,36). The lowest BCUT2D eigenvalue weighted by Crippen LogP contribution is -2.28. The smallest absolute Gasteiger partial charge is 0.349 e. The van der Waals surface area contributed by atoms with Crippen LogP contribution in [0, 0.1) is 11.6 Å². The number of halogens is 5. The van der Waals surface area contributed by atoms with Crippen LogP contribution in [0.4, 0.5) is 32.6 Å². The van der Waals surface area contributed by atoms with Crippen LogP contribution < -0.4 is 10.2 Å². The van der Waals surface area contributed by atoms with E-state index >= 15 is 0 Å². The van der Waals surface area contributed by atoms with Crippen LogP contribution in [-0.2, 0) is 12.7 Å². The van der Waals surface area contributed by atoms with Crippen LogP contribution in [0.1, 0.15) is 35.6 Å². The molecule has 1 unspecified atom stereocenters. The van der Waals surface area contributed by atoms with Crippen molar-refractivity contribution >= 4 is 23.0 Å². The molecule has 1 aliphatic rings. The van der Waals surface area contributed by atoms with Crippen LogP contribution in [0.15, 0.2) is 60.9 Å². The van der Waals surface area contributed by atoms with Gasteiger partial charge >= 0.3 is 12.2 Å². The lowest BCUT2D eigenvalue weighted by atomic mass is 10.0. The Morgan fingerprint density at radius 3 is 2.58 bits per heavy atom. The van der Waals surface area contributed by atoms with Gasteiger partial charge in [0.2, 0.25) is 0 Å². The number of nitrogens with one attached hydrogen (secondary N) is 1. The van der Waals surface area contributed by atoms with Crippen LogP contribution in [0.5, 0.6) is 0 Å². The largest absolute Gasteiger partial charge is 0.416 e. The van der Waals surface area contributed by atoms with Gasteiger partial charge in [-0.25, -0.2) is 28.1 Å². The second-order valence-electron chi connectivity index (χ2n) is 8.50. The minimum Gasteiger partial charge on any atom is -0.349 e. The van der Waals surface area contributed by atoms with Crippen molar-refractivity contribution in [2.75, 3.05) is 11.4 Å². The Labute approximate surface area is 202 Å². The van der Waals surface area contributed by atoms with Gasteiger partial charge in [0.15, 0.2) is 5.65 Å². The lowest BCUT2D eigenvalue weighted by Gasteiger charge is -2.26. The molecule has 1 aliphatic heterocycles. The van der Waals surface area contributed by atoms with E-state index in [1.165, 1.54) is 29.1 Å². The predicted octanol–water partition coefficient (Wildman–Crippen LogP) is 5.83. The highest BCUT2D eigenvalue weighted by Crippen LogP contribution is 2.37. The average Bonchev–Trinajstić information content (AvgIpc) is 3.51. The number of amides is 1. The van der Waals surface area contributed by atoms with Gasteiger partial charge in [-0.1, -0.05) is 12.1 Å². The quantitative estimate of drug-likeness (QED) is 0.358. The van der Waals surface area contributed by atoms with Gasteiger partial charge in [-0.2, -0.15) is 13.2 Å². The number of carbonyl (C=O) groups excluding carboxylic acids is 1. The van der Waals surface area contributed by atoms with E-state index < -0.39 is 35.4 Å². The van der Waals surface area contributed by atoms with Crippen molar-refractivity contribution in [3.8, 4) is 0 Å². The Morgan fingerprint density at radius 2 is 1.83 bits per heavy atom. The maximum Gasteiger partial charge on any atom is 0.416 e. The molecule has 1 amide bonds. The summed E-state index contributed by atoms with van der Waals surface area (Å²) in [6.45, 7) is 0.580. The molecule has 1 saturated heterocycles. The molecule has 3 heterocycles. The molecule has 186 valence electrons. The second-order valence-corrected chi connectivity index (χ2v) is 8.50. The van der Waals surface area contributed by atoms with Gasteiger partial charge in [-0.15, -0.1) is 0 Å². The summed E-state index contributed by atoms with van der Waals surface area (Å²) in [4.78, 5) is 23.5. The molecule has 0 aliphatic carbocycles. The van der Waals surface area contributed by atoms with Gasteiger partial charge in [0.1, 0.15) is 29.3 Å². The molecule has 0 bridgehead atoms. The molecule has 1 fully saturated rings. The van der Waals surface area contributed by atoms with Crippen molar-refractivity contribution in [2.45, 2.75) is 31.6 Å². The van der Waals surface area contributed by atoms with E-state index in [1.54, 1.807) is 12.1 Å². The monoisotopic (exact) mass is 501 g/mol. The molecule has 0 radical (unpaired) electrons. The number of hydrogen-bond donors (Lipinski definition) is 1. The van der Waals surface area contributed by atoms with Gasteiger partial charge < -0.3 is 10.2 Å². The summed E-state index contributed by atoms with van der Waals surface area (Å²) < 4.78 is 67.7. The van der Waals surface area contributed by atoms with E-state index in [4.69, 9.17) is 0 Å². The number of pyridine rings is 1. The number of nitrogens with zero attached hydrogens (tertiary/aromatic N) is 4. The van der Waals surface area contributed by atoms with Gasteiger partial charge in [0.05, 0.1) is 11.6 Å². The Kier molecular flexibility index (Phi) is 6.07. The molecule has 2 aromatic heterocycles. The minimum atomic E-state index is -4.43. The van der Waals surface area contributed by atoms with E-state index in [0.717, 1.165) is 30.7 Å². The molecular weight excluding hydrogens is 481 g/mol. The van der Waals surface area contributed by atoms with Crippen molar-refractivity contribution < 1.29 is 26.7 Å². The Balaban J connectivity index is 1.36. The molecule has 1 N–H and O–H groups in total. The first-order valence-electron chi connectivity index (χ1n) is 11.2. The highest BCUT2D eigenvalue weighted by molar-refractivity contribution is 5.87. The number of benzene rings is 2. The van der Waals surface area contributed by atoms with Crippen molar-refractivity contribution in [1.82, 2.24) is 19.9 Å². The fourth-order valence-electron chi connectivity index (χ4n) is 4.40. The van der Waals surface area contributed by atoms with E-state index in [-0.39, 0.29) is 17.8 Å². The van der Waals surface area contributed by atoms with Crippen LogP contribution >= 0.6 is 0 Å². The summed E-state index contributed by atoms with van der Waals surface area (Å²) >= 11 is 0. The zero-order chi connectivity index (χ0) is 25.4. The summed E-state index contributed by atoms with van der Waals surface area (Å²) in [5, 5.41) is 2.65. The highest BCUT2D eigenvalue weighted by atomic mass is 19.4. The summed E-state index contributed by atoms with van der Waals surface area (Å²) in [7, 11) is 0. The number of rotatable bonds is 4. The Bertz CT molecular complexity index is 1420. The molecule has 0 saturated carbocycles. The van der Waals surface area contributed by atoms with Gasteiger partial charge in [0.25, 0.3) is 0 Å². The Morgan fingerprint density at radius 1 is 1.06 bits per heavy atom. The van der Waals surface area contributed by atoms with Gasteiger partial charge in [0, 0.05) is 18.7 Å². The maximum atomic E-state index is 14.5. The van der Waals surface area contributed by atoms with Crippen LogP contribution in [0.2, 0.25) is 0 Å². The zero-order valence-electron chi connectivity index (χ0n) is 18.8. The molecule has 4 aromatic rings. The number of anilines is 1. The molecule has 5 rings (SSSR count).